The van der Waals surface area contributed by atoms with Crippen molar-refractivity contribution >= 4 is 39.1 Å². The van der Waals surface area contributed by atoms with Crippen LogP contribution >= 0.6 is 11.6 Å². The molecule has 10 heteroatoms. The predicted molar refractivity (Wildman–Crippen MR) is 163 cm³/mol. The molecule has 3 aromatic rings. The van der Waals surface area contributed by atoms with Gasteiger partial charge in [0.15, 0.2) is 0 Å². The van der Waals surface area contributed by atoms with E-state index in [0.29, 0.717) is 16.5 Å². The summed E-state index contributed by atoms with van der Waals surface area (Å²) in [6.07, 6.45) is 0. The minimum absolute atomic E-state index is 0.00634. The van der Waals surface area contributed by atoms with Crippen LogP contribution < -0.4 is 14.4 Å². The number of nitrogens with one attached hydrogen (secondary N) is 1. The number of methoxy groups -OCH3 is 1. The Balaban J connectivity index is 2.06. The van der Waals surface area contributed by atoms with Gasteiger partial charge in [-0.2, -0.15) is 0 Å². The van der Waals surface area contributed by atoms with Gasteiger partial charge in [0.05, 0.1) is 17.7 Å². The number of carbonyl (C=O) groups excluding carboxylic acids is 2. The number of aryl methyl sites for hydroxylation is 2. The topological polar surface area (TPSA) is 96.0 Å². The molecule has 3 aromatic carbocycles. The van der Waals surface area contributed by atoms with E-state index < -0.39 is 34.1 Å². The third-order valence-electron chi connectivity index (χ3n) is 6.64. The summed E-state index contributed by atoms with van der Waals surface area (Å²) < 4.78 is 34.2. The molecule has 0 radical (unpaired) electrons. The second-order valence-electron chi connectivity index (χ2n) is 11.0. The Labute approximate surface area is 248 Å². The van der Waals surface area contributed by atoms with Crippen LogP contribution in [0.25, 0.3) is 0 Å². The number of carbonyl (C=O) groups is 2. The standard InChI is InChI=1S/C31H38ClN3O5S/c1-21-8-13-26(18-22(21)2)35(41(38,39)28-16-11-25(32)12-17-28)20-29(36)34(23(3)30(37)33-31(4,5)6)19-24-9-14-27(40-7)15-10-24/h8-18,23H,19-20H2,1-7H3,(H,33,37). The van der Waals surface area contributed by atoms with Crippen LogP contribution in [0.5, 0.6) is 5.75 Å². The van der Waals surface area contributed by atoms with Gasteiger partial charge in [0.1, 0.15) is 18.3 Å². The maximum Gasteiger partial charge on any atom is 0.264 e. The first-order valence-electron chi connectivity index (χ1n) is 13.2. The van der Waals surface area contributed by atoms with E-state index in [1.54, 1.807) is 50.4 Å². The lowest BCUT2D eigenvalue weighted by Gasteiger charge is -2.33. The maximum absolute atomic E-state index is 14.0. The van der Waals surface area contributed by atoms with Gasteiger partial charge in [-0.05, 0) is 107 Å². The molecule has 8 nitrogen and oxygen atoms in total. The summed E-state index contributed by atoms with van der Waals surface area (Å²) in [7, 11) is -2.61. The molecule has 3 rings (SSSR count). The molecule has 0 aliphatic carbocycles. The lowest BCUT2D eigenvalue weighted by molar-refractivity contribution is -0.140. The van der Waals surface area contributed by atoms with Crippen LogP contribution in [0, 0.1) is 13.8 Å². The van der Waals surface area contributed by atoms with Gasteiger partial charge in [-0.1, -0.05) is 29.8 Å². The van der Waals surface area contributed by atoms with Gasteiger partial charge in [0, 0.05) is 17.1 Å². The lowest BCUT2D eigenvalue weighted by atomic mass is 10.1. The van der Waals surface area contributed by atoms with E-state index in [4.69, 9.17) is 16.3 Å². The van der Waals surface area contributed by atoms with E-state index in [1.165, 1.54) is 29.2 Å². The second kappa shape index (κ2) is 13.0. The molecule has 0 aliphatic rings. The third kappa shape index (κ3) is 8.24. The van der Waals surface area contributed by atoms with Crippen LogP contribution in [0.1, 0.15) is 44.4 Å². The summed E-state index contributed by atoms with van der Waals surface area (Å²) in [5.41, 5.74) is 2.43. The van der Waals surface area contributed by atoms with Crippen LogP contribution in [-0.4, -0.2) is 50.4 Å². The van der Waals surface area contributed by atoms with Crippen molar-refractivity contribution in [2.24, 2.45) is 0 Å². The van der Waals surface area contributed by atoms with E-state index in [0.717, 1.165) is 21.0 Å². The first-order chi connectivity index (χ1) is 19.1. The molecule has 1 atom stereocenters. The Morgan fingerprint density at radius 2 is 1.56 bits per heavy atom. The van der Waals surface area contributed by atoms with E-state index in [-0.39, 0.29) is 17.3 Å². The zero-order valence-electron chi connectivity index (χ0n) is 24.6. The van der Waals surface area contributed by atoms with Gasteiger partial charge in [-0.25, -0.2) is 8.42 Å². The number of hydrogen-bond acceptors (Lipinski definition) is 5. The number of hydrogen-bond donors (Lipinski definition) is 1. The Bertz CT molecular complexity index is 1480. The van der Waals surface area contributed by atoms with Crippen molar-refractivity contribution in [1.82, 2.24) is 10.2 Å². The molecule has 220 valence electrons. The monoisotopic (exact) mass is 599 g/mol. The SMILES string of the molecule is COc1ccc(CN(C(=O)CN(c2ccc(C)c(C)c2)S(=O)(=O)c2ccc(Cl)cc2)C(C)C(=O)NC(C)(C)C)cc1. The van der Waals surface area contributed by atoms with Gasteiger partial charge in [0.2, 0.25) is 11.8 Å². The maximum atomic E-state index is 14.0. The Kier molecular flexibility index (Phi) is 10.1. The van der Waals surface area contributed by atoms with Crippen LogP contribution in [0.3, 0.4) is 0 Å². The summed E-state index contributed by atoms with van der Waals surface area (Å²) in [5, 5.41) is 3.31. The van der Waals surface area contributed by atoms with Gasteiger partial charge < -0.3 is 15.0 Å². The number of benzene rings is 3. The molecule has 0 aliphatic heterocycles. The largest absolute Gasteiger partial charge is 0.497 e. The van der Waals surface area contributed by atoms with Crippen molar-refractivity contribution < 1.29 is 22.7 Å². The van der Waals surface area contributed by atoms with Gasteiger partial charge in [-0.15, -0.1) is 0 Å². The zero-order chi connectivity index (χ0) is 30.5. The van der Waals surface area contributed by atoms with Crippen molar-refractivity contribution in [3.63, 3.8) is 0 Å². The molecular weight excluding hydrogens is 562 g/mol. The molecule has 0 saturated carbocycles. The van der Waals surface area contributed by atoms with Crippen molar-refractivity contribution in [3.8, 4) is 5.75 Å². The van der Waals surface area contributed by atoms with Crippen LogP contribution in [0.4, 0.5) is 5.69 Å². The average molecular weight is 600 g/mol. The molecule has 1 N–H and O–H groups in total. The quantitative estimate of drug-likeness (QED) is 0.332. The highest BCUT2D eigenvalue weighted by molar-refractivity contribution is 7.92. The molecule has 0 aromatic heterocycles. The smallest absolute Gasteiger partial charge is 0.264 e. The van der Waals surface area contributed by atoms with E-state index in [1.807, 2.05) is 40.7 Å². The van der Waals surface area contributed by atoms with Gasteiger partial charge in [0.25, 0.3) is 10.0 Å². The van der Waals surface area contributed by atoms with Crippen molar-refractivity contribution in [2.75, 3.05) is 18.0 Å². The number of rotatable bonds is 10. The molecule has 41 heavy (non-hydrogen) atoms. The molecule has 0 spiro atoms. The van der Waals surface area contributed by atoms with Gasteiger partial charge >= 0.3 is 0 Å². The number of amides is 2. The fraction of sp³-hybridized carbons (Fsp3) is 0.355. The van der Waals surface area contributed by atoms with Crippen LogP contribution in [0.2, 0.25) is 5.02 Å². The highest BCUT2D eigenvalue weighted by atomic mass is 35.5. The van der Waals surface area contributed by atoms with Crippen LogP contribution in [0.15, 0.2) is 71.6 Å². The molecule has 1 unspecified atom stereocenters. The molecule has 2 amide bonds. The van der Waals surface area contributed by atoms with Gasteiger partial charge in [-0.3, -0.25) is 13.9 Å². The summed E-state index contributed by atoms with van der Waals surface area (Å²) in [6.45, 7) is 10.6. The summed E-state index contributed by atoms with van der Waals surface area (Å²) in [4.78, 5) is 28.6. The fourth-order valence-corrected chi connectivity index (χ4v) is 5.66. The summed E-state index contributed by atoms with van der Waals surface area (Å²) in [6, 6.07) is 17.3. The number of nitrogens with zero attached hydrogens (tertiary/aromatic N) is 2. The summed E-state index contributed by atoms with van der Waals surface area (Å²) in [5.74, 6) is -0.231. The van der Waals surface area contributed by atoms with E-state index >= 15 is 0 Å². The van der Waals surface area contributed by atoms with Crippen molar-refractivity contribution in [1.29, 1.82) is 0 Å². The molecule has 0 saturated heterocycles. The number of halogens is 1. The Morgan fingerprint density at radius 1 is 0.951 bits per heavy atom. The molecule has 0 heterocycles. The van der Waals surface area contributed by atoms with Crippen molar-refractivity contribution in [2.45, 2.75) is 64.6 Å². The minimum atomic E-state index is -4.18. The summed E-state index contributed by atoms with van der Waals surface area (Å²) >= 11 is 6.01. The number of ether oxygens (including phenoxy) is 1. The Morgan fingerprint density at radius 3 is 2.10 bits per heavy atom. The average Bonchev–Trinajstić information content (AvgIpc) is 2.91. The fourth-order valence-electron chi connectivity index (χ4n) is 4.13. The van der Waals surface area contributed by atoms with E-state index in [2.05, 4.69) is 5.32 Å². The second-order valence-corrected chi connectivity index (χ2v) is 13.3. The highest BCUT2D eigenvalue weighted by Gasteiger charge is 2.33. The Hall–Kier alpha value is -3.56. The van der Waals surface area contributed by atoms with E-state index in [9.17, 15) is 18.0 Å². The molecule has 0 fully saturated rings. The normalized spacial score (nSPS) is 12.4. The minimum Gasteiger partial charge on any atom is -0.497 e. The van der Waals surface area contributed by atoms with Crippen LogP contribution in [-0.2, 0) is 26.2 Å². The highest BCUT2D eigenvalue weighted by Crippen LogP contribution is 2.27. The third-order valence-corrected chi connectivity index (χ3v) is 8.68. The first-order valence-corrected chi connectivity index (χ1v) is 15.0. The molecule has 0 bridgehead atoms. The molecular formula is C31H38ClN3O5S. The van der Waals surface area contributed by atoms with Crippen molar-refractivity contribution in [3.05, 3.63) is 88.4 Å². The predicted octanol–water partition coefficient (Wildman–Crippen LogP) is 5.49. The zero-order valence-corrected chi connectivity index (χ0v) is 26.1. The first kappa shape index (κ1) is 32.0. The number of sulfonamides is 1. The lowest BCUT2D eigenvalue weighted by Crippen LogP contribution is -2.54. The number of anilines is 1.